The molecule has 336 valence electrons. The molecule has 12 rings (SSSR count). The summed E-state index contributed by atoms with van der Waals surface area (Å²) in [5, 5.41) is 4.63. The molecule has 0 aliphatic heterocycles. The quantitative estimate of drug-likeness (QED) is 0.164. The van der Waals surface area contributed by atoms with Crippen molar-refractivity contribution in [2.45, 2.75) is 57.8 Å². The smallest absolute Gasteiger partial charge is 0.123 e. The summed E-state index contributed by atoms with van der Waals surface area (Å²) in [6, 6.07) is 71.6. The summed E-state index contributed by atoms with van der Waals surface area (Å²) in [6.07, 6.45) is 0. The van der Waals surface area contributed by atoms with Gasteiger partial charge in [-0.15, -0.1) is 0 Å². The van der Waals surface area contributed by atoms with Crippen molar-refractivity contribution in [1.82, 2.24) is 0 Å². The van der Waals surface area contributed by atoms with Crippen molar-refractivity contribution in [3.05, 3.63) is 251 Å². The highest BCUT2D eigenvalue weighted by atomic mass is 19.1. The predicted molar refractivity (Wildman–Crippen MR) is 284 cm³/mol. The zero-order chi connectivity index (χ0) is 47.4. The first kappa shape index (κ1) is 42.5. The van der Waals surface area contributed by atoms with Gasteiger partial charge in [-0.2, -0.15) is 0 Å². The molecule has 0 amide bonds. The van der Waals surface area contributed by atoms with Gasteiger partial charge in [0, 0.05) is 34.1 Å². The van der Waals surface area contributed by atoms with Crippen LogP contribution in [0.4, 0.5) is 42.9 Å². The maximum absolute atomic E-state index is 14.4. The monoisotopic (exact) mass is 898 g/mol. The Morgan fingerprint density at radius 2 is 0.696 bits per heavy atom. The van der Waals surface area contributed by atoms with E-state index in [9.17, 15) is 8.78 Å². The number of benzene rings is 10. The molecule has 0 aromatic heterocycles. The van der Waals surface area contributed by atoms with Crippen LogP contribution in [-0.2, 0) is 16.2 Å². The SMILES string of the molecule is CC(C)(C)c1ccc2c(c1)-c1cc(C(C)(C)C)ccc1C21c2c(ccc3cc(N(c4ccccc4)c4ccc(F)cc4)ccc23)-c2ccc3cc(N(c4ccccc4)c4ccc(F)cc4)ccc3c21. The van der Waals surface area contributed by atoms with E-state index in [0.29, 0.717) is 0 Å². The maximum atomic E-state index is 14.4. The molecular formula is C65H52F2N2. The molecule has 0 fully saturated rings. The summed E-state index contributed by atoms with van der Waals surface area (Å²) < 4.78 is 28.8. The van der Waals surface area contributed by atoms with Crippen molar-refractivity contribution in [3.8, 4) is 22.3 Å². The average molecular weight is 899 g/mol. The zero-order valence-corrected chi connectivity index (χ0v) is 39.8. The first-order valence-electron chi connectivity index (χ1n) is 24.0. The van der Waals surface area contributed by atoms with E-state index in [4.69, 9.17) is 0 Å². The van der Waals surface area contributed by atoms with Gasteiger partial charge in [0.25, 0.3) is 0 Å². The molecule has 0 atom stereocenters. The van der Waals surface area contributed by atoms with Gasteiger partial charge in [-0.1, -0.05) is 151 Å². The maximum Gasteiger partial charge on any atom is 0.123 e. The molecule has 0 saturated carbocycles. The normalized spacial score (nSPS) is 13.3. The van der Waals surface area contributed by atoms with Gasteiger partial charge in [0.15, 0.2) is 0 Å². The van der Waals surface area contributed by atoms with Gasteiger partial charge in [-0.3, -0.25) is 0 Å². The Hall–Kier alpha value is -7.82. The van der Waals surface area contributed by atoms with Crippen molar-refractivity contribution in [1.29, 1.82) is 0 Å². The molecule has 2 aliphatic carbocycles. The van der Waals surface area contributed by atoms with Crippen LogP contribution in [0, 0.1) is 11.6 Å². The molecule has 1 spiro atoms. The molecule has 69 heavy (non-hydrogen) atoms. The molecule has 0 saturated heterocycles. The molecule has 0 radical (unpaired) electrons. The summed E-state index contributed by atoms with van der Waals surface area (Å²) in [5.41, 5.74) is 17.7. The fraction of sp³-hybridized carbons (Fsp3) is 0.138. The van der Waals surface area contributed by atoms with Crippen LogP contribution in [0.25, 0.3) is 43.8 Å². The Morgan fingerprint density at radius 3 is 1.07 bits per heavy atom. The second kappa shape index (κ2) is 15.6. The second-order valence-corrected chi connectivity index (χ2v) is 20.9. The largest absolute Gasteiger partial charge is 0.310 e. The Balaban J connectivity index is 1.15. The van der Waals surface area contributed by atoms with Crippen molar-refractivity contribution in [2.24, 2.45) is 0 Å². The molecule has 2 aliphatic rings. The lowest BCUT2D eigenvalue weighted by atomic mass is 9.68. The molecule has 0 unspecified atom stereocenters. The van der Waals surface area contributed by atoms with E-state index >= 15 is 0 Å². The number of hydrogen-bond donors (Lipinski definition) is 0. The van der Waals surface area contributed by atoms with Gasteiger partial charge < -0.3 is 9.80 Å². The average Bonchev–Trinajstić information content (AvgIpc) is 3.82. The van der Waals surface area contributed by atoms with E-state index < -0.39 is 5.41 Å². The highest BCUT2D eigenvalue weighted by Crippen LogP contribution is 2.66. The number of hydrogen-bond acceptors (Lipinski definition) is 2. The lowest BCUT2D eigenvalue weighted by Crippen LogP contribution is -2.27. The number of rotatable bonds is 6. The highest BCUT2D eigenvalue weighted by molar-refractivity contribution is 6.10. The van der Waals surface area contributed by atoms with Crippen LogP contribution in [0.5, 0.6) is 0 Å². The van der Waals surface area contributed by atoms with Gasteiger partial charge in [0.1, 0.15) is 11.6 Å². The minimum Gasteiger partial charge on any atom is -0.310 e. The van der Waals surface area contributed by atoms with Crippen LogP contribution in [0.1, 0.15) is 74.9 Å². The third-order valence-electron chi connectivity index (χ3n) is 14.6. The topological polar surface area (TPSA) is 6.48 Å². The van der Waals surface area contributed by atoms with Crippen molar-refractivity contribution in [2.75, 3.05) is 9.80 Å². The van der Waals surface area contributed by atoms with Crippen molar-refractivity contribution >= 4 is 55.7 Å². The first-order valence-corrected chi connectivity index (χ1v) is 24.0. The Labute approximate surface area is 403 Å². The number of nitrogens with zero attached hydrogens (tertiary/aromatic N) is 2. The van der Waals surface area contributed by atoms with Crippen LogP contribution in [-0.4, -0.2) is 0 Å². The summed E-state index contributed by atoms with van der Waals surface area (Å²) in [5.74, 6) is -0.533. The lowest BCUT2D eigenvalue weighted by molar-refractivity contribution is 0.589. The molecule has 0 heterocycles. The van der Waals surface area contributed by atoms with E-state index in [2.05, 4.69) is 173 Å². The summed E-state index contributed by atoms with van der Waals surface area (Å²) in [7, 11) is 0. The standard InChI is InChI=1S/C65H52F2N2/c1-63(2,3)43-19-35-59-57(39-43)58-40-44(64(4,5)6)20-36-60(58)65(59)61-53-33-29-51(68(47-13-9-7-10-14-47)49-25-21-45(66)22-26-49)37-41(53)17-31-55(61)56-32-18-42-38-52(30-34-54(42)62(56)65)69(48-15-11-8-12-16-48)50-27-23-46(67)24-28-50/h7-40H,1-6H3. The number of fused-ring (bicyclic) bond motifs is 14. The van der Waals surface area contributed by atoms with Crippen LogP contribution >= 0.6 is 0 Å². The van der Waals surface area contributed by atoms with E-state index in [1.807, 2.05) is 60.7 Å². The second-order valence-electron chi connectivity index (χ2n) is 20.9. The van der Waals surface area contributed by atoms with E-state index in [1.165, 1.54) is 90.7 Å². The molecule has 4 heteroatoms. The van der Waals surface area contributed by atoms with Gasteiger partial charge in [0.05, 0.1) is 5.41 Å². The van der Waals surface area contributed by atoms with Gasteiger partial charge >= 0.3 is 0 Å². The Morgan fingerprint density at radius 1 is 0.333 bits per heavy atom. The van der Waals surface area contributed by atoms with E-state index in [1.54, 1.807) is 0 Å². The van der Waals surface area contributed by atoms with Crippen LogP contribution in [0.3, 0.4) is 0 Å². The molecule has 10 aromatic rings. The molecule has 0 bridgehead atoms. The predicted octanol–water partition coefficient (Wildman–Crippen LogP) is 18.1. The van der Waals surface area contributed by atoms with Crippen molar-refractivity contribution in [3.63, 3.8) is 0 Å². The number of halogens is 2. The third-order valence-corrected chi connectivity index (χ3v) is 14.6. The van der Waals surface area contributed by atoms with Gasteiger partial charge in [0.2, 0.25) is 0 Å². The fourth-order valence-corrected chi connectivity index (χ4v) is 11.3. The van der Waals surface area contributed by atoms with Crippen LogP contribution < -0.4 is 9.80 Å². The zero-order valence-electron chi connectivity index (χ0n) is 39.8. The van der Waals surface area contributed by atoms with Gasteiger partial charge in [-0.05, 0) is 185 Å². The number of para-hydroxylation sites is 2. The number of anilines is 6. The minimum atomic E-state index is -0.670. The lowest BCUT2D eigenvalue weighted by Gasteiger charge is -2.33. The Bertz CT molecular complexity index is 3390. The van der Waals surface area contributed by atoms with Crippen LogP contribution in [0.2, 0.25) is 0 Å². The highest BCUT2D eigenvalue weighted by Gasteiger charge is 2.53. The molecule has 0 N–H and O–H groups in total. The van der Waals surface area contributed by atoms with E-state index in [-0.39, 0.29) is 22.5 Å². The summed E-state index contributed by atoms with van der Waals surface area (Å²) in [6.45, 7) is 13.8. The van der Waals surface area contributed by atoms with E-state index in [0.717, 1.165) is 44.9 Å². The molecular weight excluding hydrogens is 847 g/mol. The van der Waals surface area contributed by atoms with Gasteiger partial charge in [-0.25, -0.2) is 8.78 Å². The van der Waals surface area contributed by atoms with Crippen molar-refractivity contribution < 1.29 is 8.78 Å². The first-order chi connectivity index (χ1) is 33.3. The molecule has 10 aromatic carbocycles. The summed E-state index contributed by atoms with van der Waals surface area (Å²) >= 11 is 0. The van der Waals surface area contributed by atoms with Crippen LogP contribution in [0.15, 0.2) is 206 Å². The summed E-state index contributed by atoms with van der Waals surface area (Å²) in [4.78, 5) is 4.41. The minimum absolute atomic E-state index is 0.0609. The Kier molecular flexibility index (Phi) is 9.62. The fourth-order valence-electron chi connectivity index (χ4n) is 11.3. The molecule has 2 nitrogen and oxygen atoms in total. The third kappa shape index (κ3) is 6.71.